The SMILES string of the molecule is CCCOc1ccc([C@@H]2/C(=C(\O)c3ccc(F)cc3)C(=O)C(=O)N2c2nc3ccc(OC)cc3s2)cc1. The Kier molecular flexibility index (Phi) is 6.62. The van der Waals surface area contributed by atoms with E-state index in [0.29, 0.717) is 34.3 Å². The number of halogens is 1. The maximum Gasteiger partial charge on any atom is 0.301 e. The fourth-order valence-corrected chi connectivity index (χ4v) is 5.22. The number of ketones is 1. The summed E-state index contributed by atoms with van der Waals surface area (Å²) in [5.74, 6) is -1.25. The Morgan fingerprint density at radius 3 is 2.43 bits per heavy atom. The van der Waals surface area contributed by atoms with Crippen LogP contribution in [0.3, 0.4) is 0 Å². The molecule has 2 heterocycles. The molecule has 1 fully saturated rings. The molecule has 3 aromatic carbocycles. The maximum atomic E-state index is 13.5. The number of carbonyl (C=O) groups is 2. The van der Waals surface area contributed by atoms with Crippen LogP contribution in [0.2, 0.25) is 0 Å². The van der Waals surface area contributed by atoms with Crippen molar-refractivity contribution in [3.63, 3.8) is 0 Å². The number of carbonyl (C=O) groups excluding carboxylic acids is 2. The molecular weight excluding hydrogens is 495 g/mol. The lowest BCUT2D eigenvalue weighted by atomic mass is 9.95. The topological polar surface area (TPSA) is 89.0 Å². The van der Waals surface area contributed by atoms with E-state index in [-0.39, 0.29) is 16.9 Å². The number of aliphatic hydroxyl groups is 1. The Morgan fingerprint density at radius 1 is 1.05 bits per heavy atom. The standard InChI is InChI=1S/C28H23FN2O5S/c1-3-14-36-19-10-6-16(7-11-19)24-23(25(32)17-4-8-18(29)9-5-17)26(33)27(34)31(24)28-30-21-13-12-20(35-2)15-22(21)37-28/h4-13,15,24,32H,3,14H2,1-2H3/b25-23+/t24-/m1/s1. The normalized spacial score (nSPS) is 16.9. The lowest BCUT2D eigenvalue weighted by Crippen LogP contribution is -2.29. The smallest absolute Gasteiger partial charge is 0.301 e. The van der Waals surface area contributed by atoms with Crippen LogP contribution in [0, 0.1) is 5.82 Å². The third-order valence-electron chi connectivity index (χ3n) is 6.02. The number of rotatable bonds is 7. The van der Waals surface area contributed by atoms with Gasteiger partial charge in [-0.1, -0.05) is 30.4 Å². The number of ether oxygens (including phenoxy) is 2. The van der Waals surface area contributed by atoms with Gasteiger partial charge in [0, 0.05) is 5.56 Å². The quantitative estimate of drug-likeness (QED) is 0.187. The number of amides is 1. The van der Waals surface area contributed by atoms with Gasteiger partial charge < -0.3 is 14.6 Å². The number of aromatic nitrogens is 1. The minimum absolute atomic E-state index is 0.101. The maximum absolute atomic E-state index is 13.5. The molecule has 1 atom stereocenters. The molecule has 37 heavy (non-hydrogen) atoms. The van der Waals surface area contributed by atoms with E-state index in [9.17, 15) is 19.1 Å². The molecule has 1 saturated heterocycles. The summed E-state index contributed by atoms with van der Waals surface area (Å²) in [6, 6.07) is 16.5. The Morgan fingerprint density at radius 2 is 1.76 bits per heavy atom. The first-order valence-corrected chi connectivity index (χ1v) is 12.5. The van der Waals surface area contributed by atoms with Crippen molar-refractivity contribution in [1.29, 1.82) is 0 Å². The summed E-state index contributed by atoms with van der Waals surface area (Å²) in [4.78, 5) is 32.6. The number of benzene rings is 3. The van der Waals surface area contributed by atoms with E-state index < -0.39 is 23.5 Å². The Hall–Kier alpha value is -4.24. The van der Waals surface area contributed by atoms with Crippen LogP contribution < -0.4 is 14.4 Å². The average Bonchev–Trinajstić information content (AvgIpc) is 3.45. The molecule has 1 aliphatic rings. The molecule has 1 N–H and O–H groups in total. The molecule has 1 aromatic heterocycles. The molecule has 1 aliphatic heterocycles. The van der Waals surface area contributed by atoms with Crippen molar-refractivity contribution in [3.8, 4) is 11.5 Å². The molecule has 9 heteroatoms. The monoisotopic (exact) mass is 518 g/mol. The van der Waals surface area contributed by atoms with Gasteiger partial charge >= 0.3 is 5.91 Å². The van der Waals surface area contributed by atoms with Gasteiger partial charge in [0.05, 0.1) is 35.5 Å². The molecule has 0 aliphatic carbocycles. The van der Waals surface area contributed by atoms with Crippen LogP contribution in [-0.4, -0.2) is 35.5 Å². The summed E-state index contributed by atoms with van der Waals surface area (Å²) in [6.07, 6.45) is 0.849. The fraction of sp³-hybridized carbons (Fsp3) is 0.179. The predicted molar refractivity (Wildman–Crippen MR) is 140 cm³/mol. The molecule has 5 rings (SSSR count). The van der Waals surface area contributed by atoms with Gasteiger partial charge in [0.25, 0.3) is 5.78 Å². The van der Waals surface area contributed by atoms with Gasteiger partial charge in [-0.05, 0) is 66.6 Å². The zero-order valence-electron chi connectivity index (χ0n) is 20.1. The average molecular weight is 519 g/mol. The Bertz CT molecular complexity index is 1510. The van der Waals surface area contributed by atoms with Crippen molar-refractivity contribution in [2.24, 2.45) is 0 Å². The van der Waals surface area contributed by atoms with Crippen LogP contribution in [0.1, 0.15) is 30.5 Å². The third-order valence-corrected chi connectivity index (χ3v) is 7.04. The molecule has 0 radical (unpaired) electrons. The van der Waals surface area contributed by atoms with Gasteiger partial charge in [0.1, 0.15) is 23.1 Å². The summed E-state index contributed by atoms with van der Waals surface area (Å²) in [5, 5.41) is 11.5. The zero-order chi connectivity index (χ0) is 26.1. The first-order valence-electron chi connectivity index (χ1n) is 11.7. The second-order valence-corrected chi connectivity index (χ2v) is 9.43. The second kappa shape index (κ2) is 10.0. The van der Waals surface area contributed by atoms with Crippen molar-refractivity contribution in [2.45, 2.75) is 19.4 Å². The molecular formula is C28H23FN2O5S. The van der Waals surface area contributed by atoms with Gasteiger partial charge in [-0.2, -0.15) is 0 Å². The Balaban J connectivity index is 1.66. The van der Waals surface area contributed by atoms with Crippen LogP contribution in [0.5, 0.6) is 11.5 Å². The molecule has 7 nitrogen and oxygen atoms in total. The highest BCUT2D eigenvalue weighted by atomic mass is 32.1. The lowest BCUT2D eigenvalue weighted by molar-refractivity contribution is -0.132. The highest BCUT2D eigenvalue weighted by Gasteiger charge is 2.48. The van der Waals surface area contributed by atoms with Crippen molar-refractivity contribution >= 4 is 44.1 Å². The van der Waals surface area contributed by atoms with Crippen molar-refractivity contribution in [3.05, 3.63) is 89.2 Å². The van der Waals surface area contributed by atoms with Crippen LogP contribution in [0.25, 0.3) is 16.0 Å². The summed E-state index contributed by atoms with van der Waals surface area (Å²) in [5.41, 5.74) is 1.35. The van der Waals surface area contributed by atoms with E-state index >= 15 is 0 Å². The molecule has 188 valence electrons. The minimum atomic E-state index is -0.951. The number of fused-ring (bicyclic) bond motifs is 1. The van der Waals surface area contributed by atoms with Crippen molar-refractivity contribution in [2.75, 3.05) is 18.6 Å². The highest BCUT2D eigenvalue weighted by Crippen LogP contribution is 2.44. The van der Waals surface area contributed by atoms with E-state index in [2.05, 4.69) is 4.98 Å². The summed E-state index contributed by atoms with van der Waals surface area (Å²) in [7, 11) is 1.56. The van der Waals surface area contributed by atoms with Crippen LogP contribution in [0.4, 0.5) is 9.52 Å². The number of anilines is 1. The van der Waals surface area contributed by atoms with E-state index in [1.54, 1.807) is 49.6 Å². The van der Waals surface area contributed by atoms with Gasteiger partial charge in [-0.3, -0.25) is 14.5 Å². The van der Waals surface area contributed by atoms with Crippen LogP contribution >= 0.6 is 11.3 Å². The van der Waals surface area contributed by atoms with E-state index in [1.165, 1.54) is 40.5 Å². The lowest BCUT2D eigenvalue weighted by Gasteiger charge is -2.23. The molecule has 0 saturated carbocycles. The summed E-state index contributed by atoms with van der Waals surface area (Å²) >= 11 is 1.24. The van der Waals surface area contributed by atoms with Gasteiger partial charge in [0.2, 0.25) is 0 Å². The number of nitrogens with zero attached hydrogens (tertiary/aromatic N) is 2. The number of Topliss-reactive ketones (excluding diaryl/α,β-unsaturated/α-hetero) is 1. The van der Waals surface area contributed by atoms with Gasteiger partial charge in [0.15, 0.2) is 5.13 Å². The van der Waals surface area contributed by atoms with Crippen molar-refractivity contribution < 1.29 is 28.6 Å². The molecule has 0 spiro atoms. The molecule has 0 bridgehead atoms. The van der Waals surface area contributed by atoms with Gasteiger partial charge in [-0.25, -0.2) is 9.37 Å². The highest BCUT2D eigenvalue weighted by molar-refractivity contribution is 7.22. The van der Waals surface area contributed by atoms with Crippen LogP contribution in [0.15, 0.2) is 72.3 Å². The van der Waals surface area contributed by atoms with E-state index in [1.807, 2.05) is 6.92 Å². The zero-order valence-corrected chi connectivity index (χ0v) is 20.9. The third kappa shape index (κ3) is 4.53. The predicted octanol–water partition coefficient (Wildman–Crippen LogP) is 5.86. The number of thiazole rings is 1. The first kappa shape index (κ1) is 24.5. The summed E-state index contributed by atoms with van der Waals surface area (Å²) < 4.78 is 25.3. The van der Waals surface area contributed by atoms with E-state index in [0.717, 1.165) is 11.1 Å². The van der Waals surface area contributed by atoms with Gasteiger partial charge in [-0.15, -0.1) is 0 Å². The number of hydrogen-bond donors (Lipinski definition) is 1. The molecule has 0 unspecified atom stereocenters. The van der Waals surface area contributed by atoms with Crippen molar-refractivity contribution in [1.82, 2.24) is 4.98 Å². The number of aliphatic hydroxyl groups excluding tert-OH is 1. The largest absolute Gasteiger partial charge is 0.507 e. The first-order chi connectivity index (χ1) is 17.9. The summed E-state index contributed by atoms with van der Waals surface area (Å²) in [6.45, 7) is 2.56. The number of methoxy groups -OCH3 is 1. The van der Waals surface area contributed by atoms with Crippen LogP contribution in [-0.2, 0) is 9.59 Å². The minimum Gasteiger partial charge on any atom is -0.507 e. The fourth-order valence-electron chi connectivity index (χ4n) is 4.20. The number of hydrogen-bond acceptors (Lipinski definition) is 7. The molecule has 4 aromatic rings. The molecule has 1 amide bonds. The van der Waals surface area contributed by atoms with E-state index in [4.69, 9.17) is 9.47 Å². The second-order valence-electron chi connectivity index (χ2n) is 8.42. The Labute approximate surface area is 216 Å².